The molecule has 0 rings (SSSR count). The normalized spacial score (nSPS) is 10.7. The van der Waals surface area contributed by atoms with Crippen molar-refractivity contribution in [3.63, 3.8) is 0 Å². The lowest BCUT2D eigenvalue weighted by atomic mass is 10.2. The highest BCUT2D eigenvalue weighted by Gasteiger charge is 2.24. The van der Waals surface area contributed by atoms with Gasteiger partial charge in [-0.3, -0.25) is 9.59 Å². The zero-order valence-corrected chi connectivity index (χ0v) is 9.37. The van der Waals surface area contributed by atoms with Crippen molar-refractivity contribution in [3.8, 4) is 0 Å². The van der Waals surface area contributed by atoms with Crippen LogP contribution in [-0.4, -0.2) is 44.7 Å². The molecular formula is C8H12N4O5. The molecule has 0 aromatic rings. The molecule has 0 fully saturated rings. The minimum Gasteiger partial charge on any atom is -0.469 e. The maximum absolute atomic E-state index is 11.2. The molecule has 94 valence electrons. The van der Waals surface area contributed by atoms with Gasteiger partial charge in [-0.1, -0.05) is 5.11 Å². The zero-order valence-electron chi connectivity index (χ0n) is 9.37. The van der Waals surface area contributed by atoms with Crippen LogP contribution in [-0.2, 0) is 23.9 Å². The molecule has 0 aromatic carbocycles. The second kappa shape index (κ2) is 7.94. The summed E-state index contributed by atoms with van der Waals surface area (Å²) in [5.41, 5.74) is 8.00. The molecule has 1 N–H and O–H groups in total. The fourth-order valence-corrected chi connectivity index (χ4v) is 0.921. The Morgan fingerprint density at radius 2 is 2.00 bits per heavy atom. The van der Waals surface area contributed by atoms with Crippen molar-refractivity contribution in [3.05, 3.63) is 10.4 Å². The number of azide groups is 1. The summed E-state index contributed by atoms with van der Waals surface area (Å²) in [5, 5.41) is 5.20. The molecule has 1 atom stereocenters. The maximum Gasteiger partial charge on any atom is 0.328 e. The number of nitrogens with zero attached hydrogens (tertiary/aromatic N) is 3. The maximum atomic E-state index is 11.2. The van der Waals surface area contributed by atoms with Gasteiger partial charge in [0, 0.05) is 4.91 Å². The molecule has 0 heterocycles. The molecule has 0 aliphatic heterocycles. The molecule has 0 radical (unpaired) electrons. The smallest absolute Gasteiger partial charge is 0.328 e. The fourth-order valence-electron chi connectivity index (χ4n) is 0.921. The van der Waals surface area contributed by atoms with E-state index in [2.05, 4.69) is 24.8 Å². The first kappa shape index (κ1) is 14.7. The molecule has 9 heteroatoms. The van der Waals surface area contributed by atoms with E-state index in [0.29, 0.717) is 0 Å². The highest BCUT2D eigenvalue weighted by atomic mass is 16.5. The second-order valence-electron chi connectivity index (χ2n) is 2.81. The number of ether oxygens (including phenoxy) is 2. The summed E-state index contributed by atoms with van der Waals surface area (Å²) >= 11 is 0. The van der Waals surface area contributed by atoms with Crippen LogP contribution < -0.4 is 5.32 Å². The molecule has 9 nitrogen and oxygen atoms in total. The predicted molar refractivity (Wildman–Crippen MR) is 54.6 cm³/mol. The van der Waals surface area contributed by atoms with Crippen LogP contribution in [0.4, 0.5) is 0 Å². The number of hydrogen-bond acceptors (Lipinski definition) is 6. The molecule has 0 unspecified atom stereocenters. The summed E-state index contributed by atoms with van der Waals surface area (Å²) in [5.74, 6) is -2.16. The van der Waals surface area contributed by atoms with Gasteiger partial charge in [0.2, 0.25) is 5.91 Å². The lowest BCUT2D eigenvalue weighted by molar-refractivity contribution is -0.150. The molecule has 0 aromatic heterocycles. The van der Waals surface area contributed by atoms with E-state index in [4.69, 9.17) is 5.53 Å². The predicted octanol–water partition coefficient (Wildman–Crippen LogP) is -0.482. The van der Waals surface area contributed by atoms with Gasteiger partial charge in [0.1, 0.15) is 12.6 Å². The first-order chi connectivity index (χ1) is 8.04. The summed E-state index contributed by atoms with van der Waals surface area (Å²) in [4.78, 5) is 35.7. The van der Waals surface area contributed by atoms with Gasteiger partial charge in [-0.05, 0) is 5.53 Å². The molecule has 0 aliphatic carbocycles. The molecule has 1 amide bonds. The Morgan fingerprint density at radius 1 is 1.35 bits per heavy atom. The Labute approximate surface area is 96.7 Å². The third kappa shape index (κ3) is 6.00. The van der Waals surface area contributed by atoms with Crippen molar-refractivity contribution in [2.75, 3.05) is 20.8 Å². The number of amides is 1. The van der Waals surface area contributed by atoms with Gasteiger partial charge in [-0.15, -0.1) is 0 Å². The second-order valence-corrected chi connectivity index (χ2v) is 2.81. The van der Waals surface area contributed by atoms with Gasteiger partial charge in [0.25, 0.3) is 0 Å². The third-order valence-corrected chi connectivity index (χ3v) is 1.70. The van der Waals surface area contributed by atoms with Crippen LogP contribution in [0.3, 0.4) is 0 Å². The van der Waals surface area contributed by atoms with Crippen LogP contribution in [0, 0.1) is 0 Å². The van der Waals surface area contributed by atoms with E-state index in [-0.39, 0.29) is 6.42 Å². The van der Waals surface area contributed by atoms with Crippen LogP contribution >= 0.6 is 0 Å². The highest BCUT2D eigenvalue weighted by Crippen LogP contribution is 1.97. The number of rotatable bonds is 6. The van der Waals surface area contributed by atoms with Crippen LogP contribution in [0.5, 0.6) is 0 Å². The van der Waals surface area contributed by atoms with E-state index in [9.17, 15) is 14.4 Å². The van der Waals surface area contributed by atoms with Crippen molar-refractivity contribution in [1.82, 2.24) is 5.32 Å². The first-order valence-corrected chi connectivity index (χ1v) is 4.50. The SMILES string of the molecule is COC(=O)C[C@H](NC(=O)CN=[N+]=[N-])C(=O)OC. The minimum absolute atomic E-state index is 0.356. The van der Waals surface area contributed by atoms with Crippen molar-refractivity contribution in [2.45, 2.75) is 12.5 Å². The van der Waals surface area contributed by atoms with Gasteiger partial charge in [0.05, 0.1) is 20.6 Å². The summed E-state index contributed by atoms with van der Waals surface area (Å²) in [7, 11) is 2.27. The Hall–Kier alpha value is -2.28. The summed E-state index contributed by atoms with van der Waals surface area (Å²) in [6.07, 6.45) is -0.356. The van der Waals surface area contributed by atoms with E-state index < -0.39 is 30.4 Å². The quantitative estimate of drug-likeness (QED) is 0.291. The molecule has 17 heavy (non-hydrogen) atoms. The largest absolute Gasteiger partial charge is 0.469 e. The zero-order chi connectivity index (χ0) is 13.3. The van der Waals surface area contributed by atoms with Crippen LogP contribution in [0.15, 0.2) is 5.11 Å². The molecule has 0 aliphatic rings. The van der Waals surface area contributed by atoms with Gasteiger partial charge < -0.3 is 14.8 Å². The number of esters is 2. The first-order valence-electron chi connectivity index (χ1n) is 4.50. The minimum atomic E-state index is -1.16. The number of carbonyl (C=O) groups is 3. The van der Waals surface area contributed by atoms with Crippen molar-refractivity contribution < 1.29 is 23.9 Å². The van der Waals surface area contributed by atoms with Gasteiger partial charge in [-0.2, -0.15) is 0 Å². The monoisotopic (exact) mass is 244 g/mol. The van der Waals surface area contributed by atoms with Crippen LogP contribution in [0.1, 0.15) is 6.42 Å². The number of methoxy groups -OCH3 is 2. The third-order valence-electron chi connectivity index (χ3n) is 1.70. The Balaban J connectivity index is 4.48. The highest BCUT2D eigenvalue weighted by molar-refractivity contribution is 5.88. The van der Waals surface area contributed by atoms with E-state index in [1.165, 1.54) is 0 Å². The van der Waals surface area contributed by atoms with E-state index >= 15 is 0 Å². The standard InChI is InChI=1S/C8H12N4O5/c1-16-7(14)3-5(8(15)17-2)11-6(13)4-10-12-9/h5H,3-4H2,1-2H3,(H,11,13)/t5-/m0/s1. The number of carbonyl (C=O) groups excluding carboxylic acids is 3. The Kier molecular flexibility index (Phi) is 6.88. The van der Waals surface area contributed by atoms with Crippen LogP contribution in [0.2, 0.25) is 0 Å². The summed E-state index contributed by atoms with van der Waals surface area (Å²) in [6.45, 7) is -0.467. The molecule has 0 bridgehead atoms. The Bertz CT molecular complexity index is 350. The van der Waals surface area contributed by atoms with Gasteiger partial charge in [0.15, 0.2) is 0 Å². The van der Waals surface area contributed by atoms with E-state index in [0.717, 1.165) is 14.2 Å². The average molecular weight is 244 g/mol. The summed E-state index contributed by atoms with van der Waals surface area (Å²) < 4.78 is 8.76. The van der Waals surface area contributed by atoms with E-state index in [1.807, 2.05) is 0 Å². The van der Waals surface area contributed by atoms with Gasteiger partial charge >= 0.3 is 11.9 Å². The molecular weight excluding hydrogens is 232 g/mol. The molecule has 0 spiro atoms. The Morgan fingerprint density at radius 3 is 2.47 bits per heavy atom. The lowest BCUT2D eigenvalue weighted by Crippen LogP contribution is -2.44. The number of hydrogen-bond donors (Lipinski definition) is 1. The molecule has 0 saturated heterocycles. The van der Waals surface area contributed by atoms with Crippen molar-refractivity contribution >= 4 is 17.8 Å². The fraction of sp³-hybridized carbons (Fsp3) is 0.625. The van der Waals surface area contributed by atoms with Crippen LogP contribution in [0.25, 0.3) is 10.4 Å². The van der Waals surface area contributed by atoms with Crippen molar-refractivity contribution in [2.24, 2.45) is 5.11 Å². The average Bonchev–Trinajstić information content (AvgIpc) is 2.34. The topological polar surface area (TPSA) is 130 Å². The lowest BCUT2D eigenvalue weighted by Gasteiger charge is -2.14. The van der Waals surface area contributed by atoms with Crippen molar-refractivity contribution in [1.29, 1.82) is 0 Å². The van der Waals surface area contributed by atoms with E-state index in [1.54, 1.807) is 0 Å². The van der Waals surface area contributed by atoms with Gasteiger partial charge in [-0.25, -0.2) is 4.79 Å². The number of nitrogens with one attached hydrogen (secondary N) is 1. The molecule has 0 saturated carbocycles. The summed E-state index contributed by atoms with van der Waals surface area (Å²) in [6, 6.07) is -1.16.